The fourth-order valence-electron chi connectivity index (χ4n) is 1.72. The Hall–Kier alpha value is -1.23. The van der Waals surface area contributed by atoms with Gasteiger partial charge < -0.3 is 20.1 Å². The number of hydrogen-bond acceptors (Lipinski definition) is 4. The molecule has 0 aromatic carbocycles. The van der Waals surface area contributed by atoms with Crippen LogP contribution < -0.4 is 10.6 Å². The predicted molar refractivity (Wildman–Crippen MR) is 54.0 cm³/mol. The monoisotopic (exact) mass is 212 g/mol. The van der Waals surface area contributed by atoms with Gasteiger partial charge >= 0.3 is 0 Å². The highest BCUT2D eigenvalue weighted by atomic mass is 16.6. The number of carbonyl (C=O) groups excluding carboxylic acids is 1. The summed E-state index contributed by atoms with van der Waals surface area (Å²) in [6.45, 7) is 2.66. The van der Waals surface area contributed by atoms with E-state index in [9.17, 15) is 4.79 Å². The smallest absolute Gasteiger partial charge is 0.289 e. The molecule has 0 aliphatic carbocycles. The molecule has 0 aromatic rings. The summed E-state index contributed by atoms with van der Waals surface area (Å²) in [6, 6.07) is 0.402. The van der Waals surface area contributed by atoms with E-state index in [2.05, 4.69) is 10.6 Å². The van der Waals surface area contributed by atoms with Gasteiger partial charge in [0.25, 0.3) is 5.91 Å². The van der Waals surface area contributed by atoms with E-state index in [1.54, 1.807) is 0 Å². The molecule has 0 aromatic heterocycles. The van der Waals surface area contributed by atoms with Gasteiger partial charge in [0.15, 0.2) is 0 Å². The Morgan fingerprint density at radius 2 is 2.53 bits per heavy atom. The summed E-state index contributed by atoms with van der Waals surface area (Å²) in [4.78, 5) is 11.5. The van der Waals surface area contributed by atoms with E-state index in [-0.39, 0.29) is 11.7 Å². The second kappa shape index (κ2) is 5.02. The van der Waals surface area contributed by atoms with E-state index >= 15 is 0 Å². The Bertz CT molecular complexity index is 259. The molecular weight excluding hydrogens is 196 g/mol. The second-order valence-electron chi connectivity index (χ2n) is 3.70. The molecule has 1 amide bonds. The van der Waals surface area contributed by atoms with Gasteiger partial charge in [0.05, 0.1) is 0 Å². The van der Waals surface area contributed by atoms with Crippen molar-refractivity contribution in [1.29, 1.82) is 0 Å². The summed E-state index contributed by atoms with van der Waals surface area (Å²) in [7, 11) is 0. The summed E-state index contributed by atoms with van der Waals surface area (Å²) in [5.41, 5.74) is 0. The third kappa shape index (κ3) is 2.86. The molecule has 1 unspecified atom stereocenters. The first-order valence-electron chi connectivity index (χ1n) is 5.32. The molecule has 2 heterocycles. The standard InChI is InChI=1S/C10H16N2O3/c13-10(9-7-14-4-5-15-9)12-6-8-2-1-3-11-8/h7-8,11H,1-6H2,(H,12,13). The largest absolute Gasteiger partial charge is 0.494 e. The molecular formula is C10H16N2O3. The molecule has 5 heteroatoms. The van der Waals surface area contributed by atoms with E-state index in [0.29, 0.717) is 25.8 Å². The van der Waals surface area contributed by atoms with Crippen LogP contribution in [0.1, 0.15) is 12.8 Å². The maximum absolute atomic E-state index is 11.5. The highest BCUT2D eigenvalue weighted by Crippen LogP contribution is 2.06. The molecule has 84 valence electrons. The summed E-state index contributed by atoms with van der Waals surface area (Å²) in [5.74, 6) is 0.0858. The minimum atomic E-state index is -0.191. The normalized spacial score (nSPS) is 25.1. The Balaban J connectivity index is 1.73. The number of carbonyl (C=O) groups is 1. The minimum Gasteiger partial charge on any atom is -0.494 e. The maximum Gasteiger partial charge on any atom is 0.289 e. The highest BCUT2D eigenvalue weighted by Gasteiger charge is 2.18. The summed E-state index contributed by atoms with van der Waals surface area (Å²) >= 11 is 0. The quantitative estimate of drug-likeness (QED) is 0.677. The van der Waals surface area contributed by atoms with Gasteiger partial charge in [-0.15, -0.1) is 0 Å². The first-order valence-corrected chi connectivity index (χ1v) is 5.32. The van der Waals surface area contributed by atoms with Crippen molar-refractivity contribution in [3.05, 3.63) is 12.0 Å². The van der Waals surface area contributed by atoms with Crippen LogP contribution in [0.5, 0.6) is 0 Å². The lowest BCUT2D eigenvalue weighted by molar-refractivity contribution is -0.122. The van der Waals surface area contributed by atoms with Crippen LogP contribution in [-0.4, -0.2) is 38.3 Å². The van der Waals surface area contributed by atoms with Crippen LogP contribution in [0.25, 0.3) is 0 Å². The first kappa shape index (κ1) is 10.3. The van der Waals surface area contributed by atoms with Crippen molar-refractivity contribution in [3.8, 4) is 0 Å². The van der Waals surface area contributed by atoms with Crippen molar-refractivity contribution in [1.82, 2.24) is 10.6 Å². The zero-order chi connectivity index (χ0) is 10.5. The highest BCUT2D eigenvalue weighted by molar-refractivity contribution is 5.91. The van der Waals surface area contributed by atoms with Gasteiger partial charge in [-0.05, 0) is 19.4 Å². The molecule has 2 N–H and O–H groups in total. The molecule has 15 heavy (non-hydrogen) atoms. The van der Waals surface area contributed by atoms with Crippen LogP contribution in [-0.2, 0) is 14.3 Å². The summed E-state index contributed by atoms with van der Waals surface area (Å²) < 4.78 is 10.2. The zero-order valence-corrected chi connectivity index (χ0v) is 8.62. The van der Waals surface area contributed by atoms with Crippen molar-refractivity contribution in [2.45, 2.75) is 18.9 Å². The fraction of sp³-hybridized carbons (Fsp3) is 0.700. The van der Waals surface area contributed by atoms with Crippen molar-refractivity contribution in [2.24, 2.45) is 0 Å². The summed E-state index contributed by atoms with van der Waals surface area (Å²) in [6.07, 6.45) is 3.68. The van der Waals surface area contributed by atoms with Gasteiger partial charge in [0.2, 0.25) is 5.76 Å². The molecule has 0 saturated carbocycles. The number of nitrogens with one attached hydrogen (secondary N) is 2. The molecule has 2 aliphatic heterocycles. The molecule has 2 rings (SSSR count). The van der Waals surface area contributed by atoms with Gasteiger partial charge in [0, 0.05) is 12.6 Å². The maximum atomic E-state index is 11.5. The number of hydrogen-bond donors (Lipinski definition) is 2. The average molecular weight is 212 g/mol. The van der Waals surface area contributed by atoms with Crippen LogP contribution in [0, 0.1) is 0 Å². The van der Waals surface area contributed by atoms with E-state index in [1.807, 2.05) is 0 Å². The summed E-state index contributed by atoms with van der Waals surface area (Å²) in [5, 5.41) is 6.13. The van der Waals surface area contributed by atoms with E-state index in [1.165, 1.54) is 12.7 Å². The third-order valence-corrected chi connectivity index (χ3v) is 2.54. The van der Waals surface area contributed by atoms with Crippen LogP contribution in [0.3, 0.4) is 0 Å². The molecule has 5 nitrogen and oxygen atoms in total. The molecule has 0 spiro atoms. The Morgan fingerprint density at radius 1 is 1.60 bits per heavy atom. The van der Waals surface area contributed by atoms with Crippen molar-refractivity contribution in [3.63, 3.8) is 0 Å². The number of ether oxygens (including phenoxy) is 2. The van der Waals surface area contributed by atoms with Gasteiger partial charge in [-0.2, -0.15) is 0 Å². The molecule has 0 radical (unpaired) electrons. The van der Waals surface area contributed by atoms with E-state index in [0.717, 1.165) is 13.0 Å². The van der Waals surface area contributed by atoms with Crippen LogP contribution in [0.2, 0.25) is 0 Å². The molecule has 0 bridgehead atoms. The third-order valence-electron chi connectivity index (χ3n) is 2.54. The van der Waals surface area contributed by atoms with Crippen LogP contribution in [0.4, 0.5) is 0 Å². The van der Waals surface area contributed by atoms with E-state index < -0.39 is 0 Å². The SMILES string of the molecule is O=C(NCC1CCCN1)C1=COCCO1. The van der Waals surface area contributed by atoms with Crippen molar-refractivity contribution >= 4 is 5.91 Å². The van der Waals surface area contributed by atoms with Crippen molar-refractivity contribution in [2.75, 3.05) is 26.3 Å². The Labute approximate surface area is 88.8 Å². The van der Waals surface area contributed by atoms with Gasteiger partial charge in [-0.1, -0.05) is 0 Å². The van der Waals surface area contributed by atoms with Gasteiger partial charge in [0.1, 0.15) is 19.5 Å². The average Bonchev–Trinajstić information content (AvgIpc) is 2.80. The van der Waals surface area contributed by atoms with Crippen LogP contribution in [0.15, 0.2) is 12.0 Å². The predicted octanol–water partition coefficient (Wildman–Crippen LogP) is -0.257. The van der Waals surface area contributed by atoms with Crippen molar-refractivity contribution < 1.29 is 14.3 Å². The fourth-order valence-corrected chi connectivity index (χ4v) is 1.72. The second-order valence-corrected chi connectivity index (χ2v) is 3.70. The molecule has 1 atom stereocenters. The van der Waals surface area contributed by atoms with Gasteiger partial charge in [-0.25, -0.2) is 0 Å². The number of rotatable bonds is 3. The molecule has 2 aliphatic rings. The molecule has 1 saturated heterocycles. The van der Waals surface area contributed by atoms with Gasteiger partial charge in [-0.3, -0.25) is 4.79 Å². The molecule has 1 fully saturated rings. The Morgan fingerprint density at radius 3 is 3.20 bits per heavy atom. The minimum absolute atomic E-state index is 0.191. The zero-order valence-electron chi connectivity index (χ0n) is 8.62. The Kier molecular flexibility index (Phi) is 3.45. The first-order chi connectivity index (χ1) is 7.36. The lowest BCUT2D eigenvalue weighted by Gasteiger charge is -2.16. The van der Waals surface area contributed by atoms with E-state index in [4.69, 9.17) is 9.47 Å². The lowest BCUT2D eigenvalue weighted by atomic mass is 10.2. The number of amides is 1. The van der Waals surface area contributed by atoms with Crippen LogP contribution >= 0.6 is 0 Å². The topological polar surface area (TPSA) is 59.6 Å². The lowest BCUT2D eigenvalue weighted by Crippen LogP contribution is -2.38.